The minimum atomic E-state index is -0.624. The normalized spacial score (nSPS) is 18.3. The molecular formula is C20H31FIN5O2. The van der Waals surface area contributed by atoms with Crippen LogP contribution in [-0.2, 0) is 11.3 Å². The Morgan fingerprint density at radius 2 is 1.79 bits per heavy atom. The second-order valence-corrected chi connectivity index (χ2v) is 7.39. The predicted molar refractivity (Wildman–Crippen MR) is 122 cm³/mol. The molecule has 0 bridgehead atoms. The lowest BCUT2D eigenvalue weighted by Crippen LogP contribution is -2.54. The maximum atomic E-state index is 13.5. The molecule has 9 heteroatoms. The Bertz CT molecular complexity index is 704. The molecular weight excluding hydrogens is 488 g/mol. The smallest absolute Gasteiger partial charge is 0.236 e. The average molecular weight is 519 g/mol. The number of piperazine rings is 1. The summed E-state index contributed by atoms with van der Waals surface area (Å²) in [6.07, 6.45) is 3.46. The molecule has 0 aliphatic carbocycles. The van der Waals surface area contributed by atoms with E-state index in [4.69, 9.17) is 0 Å². The van der Waals surface area contributed by atoms with Crippen LogP contribution in [0.2, 0.25) is 0 Å². The molecule has 2 fully saturated rings. The quantitative estimate of drug-likeness (QED) is 0.361. The van der Waals surface area contributed by atoms with Crippen LogP contribution in [-0.4, -0.2) is 84.5 Å². The van der Waals surface area contributed by atoms with Gasteiger partial charge in [0.05, 0.1) is 6.54 Å². The fourth-order valence-electron chi connectivity index (χ4n) is 3.73. The highest BCUT2D eigenvalue weighted by Gasteiger charge is 2.24. The van der Waals surface area contributed by atoms with Crippen LogP contribution >= 0.6 is 24.0 Å². The number of likely N-dealkylation sites (tertiary alicyclic amines) is 1. The van der Waals surface area contributed by atoms with Crippen molar-refractivity contribution in [2.45, 2.75) is 25.8 Å². The van der Waals surface area contributed by atoms with Crippen molar-refractivity contribution in [2.75, 3.05) is 52.9 Å². The molecule has 7 nitrogen and oxygen atoms in total. The van der Waals surface area contributed by atoms with E-state index in [1.54, 1.807) is 13.1 Å². The van der Waals surface area contributed by atoms with Gasteiger partial charge in [-0.1, -0.05) is 6.07 Å². The Hall–Kier alpha value is -1.62. The van der Waals surface area contributed by atoms with Crippen LogP contribution in [0.1, 0.15) is 24.8 Å². The monoisotopic (exact) mass is 519 g/mol. The Morgan fingerprint density at radius 1 is 1.10 bits per heavy atom. The number of carbonyl (C=O) groups excluding carboxylic acids is 1. The van der Waals surface area contributed by atoms with Gasteiger partial charge in [0.1, 0.15) is 0 Å². The number of aromatic hydroxyl groups is 1. The molecule has 2 aliphatic heterocycles. The third-order valence-electron chi connectivity index (χ3n) is 5.41. The van der Waals surface area contributed by atoms with E-state index in [1.165, 1.54) is 18.6 Å². The van der Waals surface area contributed by atoms with Crippen LogP contribution in [0.15, 0.2) is 23.2 Å². The highest BCUT2D eigenvalue weighted by molar-refractivity contribution is 14.0. The number of hydrogen-bond acceptors (Lipinski definition) is 4. The zero-order chi connectivity index (χ0) is 19.9. The first-order chi connectivity index (χ1) is 13.6. The summed E-state index contributed by atoms with van der Waals surface area (Å²) in [5.41, 5.74) is 0.738. The van der Waals surface area contributed by atoms with Gasteiger partial charge in [-0.15, -0.1) is 24.0 Å². The molecule has 0 unspecified atom stereocenters. The molecule has 0 atom stereocenters. The first-order valence-corrected chi connectivity index (χ1v) is 10.00. The van der Waals surface area contributed by atoms with Gasteiger partial charge in [0, 0.05) is 52.9 Å². The second-order valence-electron chi connectivity index (χ2n) is 7.39. The number of guanidine groups is 1. The van der Waals surface area contributed by atoms with Crippen LogP contribution in [0, 0.1) is 5.82 Å². The zero-order valence-electron chi connectivity index (χ0n) is 16.9. The Balaban J connectivity index is 0.00000300. The van der Waals surface area contributed by atoms with E-state index in [0.29, 0.717) is 13.1 Å². The molecule has 3 rings (SSSR count). The van der Waals surface area contributed by atoms with Crippen molar-refractivity contribution in [2.24, 2.45) is 4.99 Å². The van der Waals surface area contributed by atoms with E-state index in [2.05, 4.69) is 20.1 Å². The van der Waals surface area contributed by atoms with Crippen molar-refractivity contribution in [1.82, 2.24) is 20.0 Å². The highest BCUT2D eigenvalue weighted by Crippen LogP contribution is 2.16. The molecule has 2 N–H and O–H groups in total. The lowest BCUT2D eigenvalue weighted by Gasteiger charge is -2.37. The Morgan fingerprint density at radius 3 is 2.41 bits per heavy atom. The van der Waals surface area contributed by atoms with Crippen molar-refractivity contribution in [1.29, 1.82) is 0 Å². The molecule has 2 aliphatic rings. The molecule has 2 heterocycles. The molecule has 0 aromatic heterocycles. The molecule has 1 amide bonds. The van der Waals surface area contributed by atoms with E-state index in [1.807, 2.05) is 4.90 Å². The number of hydrogen-bond donors (Lipinski definition) is 2. The predicted octanol–water partition coefficient (Wildman–Crippen LogP) is 1.85. The topological polar surface area (TPSA) is 71.4 Å². The summed E-state index contributed by atoms with van der Waals surface area (Å²) < 4.78 is 13.5. The average Bonchev–Trinajstić information content (AvgIpc) is 2.72. The number of halogens is 2. The fraction of sp³-hybridized carbons (Fsp3) is 0.600. The van der Waals surface area contributed by atoms with Crippen molar-refractivity contribution >= 4 is 35.8 Å². The van der Waals surface area contributed by atoms with E-state index in [-0.39, 0.29) is 35.6 Å². The van der Waals surface area contributed by atoms with Gasteiger partial charge in [-0.2, -0.15) is 0 Å². The van der Waals surface area contributed by atoms with Crippen molar-refractivity contribution in [3.05, 3.63) is 29.6 Å². The van der Waals surface area contributed by atoms with Crippen LogP contribution < -0.4 is 5.32 Å². The number of aliphatic imine (C=N–C) groups is 1. The van der Waals surface area contributed by atoms with E-state index >= 15 is 0 Å². The summed E-state index contributed by atoms with van der Waals surface area (Å²) in [4.78, 5) is 23.1. The number of amides is 1. The molecule has 1 aromatic rings. The largest absolute Gasteiger partial charge is 0.505 e. The molecule has 162 valence electrons. The third kappa shape index (κ3) is 6.70. The number of phenolic OH excluding ortho intramolecular Hbond substituents is 1. The number of benzene rings is 1. The fourth-order valence-corrected chi connectivity index (χ4v) is 3.73. The van der Waals surface area contributed by atoms with Gasteiger partial charge in [-0.3, -0.25) is 14.7 Å². The lowest BCUT2D eigenvalue weighted by molar-refractivity contribution is -0.133. The van der Waals surface area contributed by atoms with Gasteiger partial charge in [0.25, 0.3) is 0 Å². The van der Waals surface area contributed by atoms with E-state index < -0.39 is 5.82 Å². The number of nitrogens with zero attached hydrogens (tertiary/aromatic N) is 4. The summed E-state index contributed by atoms with van der Waals surface area (Å²) in [6, 6.07) is 4.36. The van der Waals surface area contributed by atoms with E-state index in [0.717, 1.165) is 63.6 Å². The summed E-state index contributed by atoms with van der Waals surface area (Å²) in [5, 5.41) is 12.5. The summed E-state index contributed by atoms with van der Waals surface area (Å²) in [6.45, 7) is 5.92. The number of piperidine rings is 1. The van der Waals surface area contributed by atoms with Crippen LogP contribution in [0.25, 0.3) is 0 Å². The van der Waals surface area contributed by atoms with Gasteiger partial charge < -0.3 is 20.2 Å². The summed E-state index contributed by atoms with van der Waals surface area (Å²) >= 11 is 0. The Labute approximate surface area is 189 Å². The second kappa shape index (κ2) is 11.5. The third-order valence-corrected chi connectivity index (χ3v) is 5.41. The van der Waals surface area contributed by atoms with Crippen LogP contribution in [0.4, 0.5) is 4.39 Å². The minimum Gasteiger partial charge on any atom is -0.505 e. The first-order valence-electron chi connectivity index (χ1n) is 10.00. The minimum absolute atomic E-state index is 0. The van der Waals surface area contributed by atoms with Crippen molar-refractivity contribution < 1.29 is 14.3 Å². The molecule has 2 saturated heterocycles. The number of nitrogens with one attached hydrogen (secondary N) is 1. The molecule has 1 aromatic carbocycles. The van der Waals surface area contributed by atoms with Crippen molar-refractivity contribution in [3.8, 4) is 5.75 Å². The number of phenols is 1. The van der Waals surface area contributed by atoms with Gasteiger partial charge in [-0.05, 0) is 37.0 Å². The molecule has 29 heavy (non-hydrogen) atoms. The highest BCUT2D eigenvalue weighted by atomic mass is 127. The maximum absolute atomic E-state index is 13.5. The van der Waals surface area contributed by atoms with Gasteiger partial charge in [0.15, 0.2) is 17.5 Å². The van der Waals surface area contributed by atoms with Crippen LogP contribution in [0.3, 0.4) is 0 Å². The van der Waals surface area contributed by atoms with Crippen molar-refractivity contribution in [3.63, 3.8) is 0 Å². The SMILES string of the molecule is CN=C(NCc1ccc(O)c(F)c1)N1CCN(CC(=O)N2CCCCC2)CC1.I. The van der Waals surface area contributed by atoms with Gasteiger partial charge in [0.2, 0.25) is 5.91 Å². The summed E-state index contributed by atoms with van der Waals surface area (Å²) in [5.74, 6) is 0.0325. The van der Waals surface area contributed by atoms with Crippen LogP contribution in [0.5, 0.6) is 5.75 Å². The standard InChI is InChI=1S/C20H30FN5O2.HI/c1-22-20(23-14-16-5-6-18(27)17(21)13-16)26-11-9-24(10-12-26)15-19(28)25-7-3-2-4-8-25;/h5-6,13,27H,2-4,7-12,14-15H2,1H3,(H,22,23);1H. The van der Waals surface area contributed by atoms with Gasteiger partial charge >= 0.3 is 0 Å². The molecule has 0 radical (unpaired) electrons. The summed E-state index contributed by atoms with van der Waals surface area (Å²) in [7, 11) is 1.73. The number of carbonyl (C=O) groups is 1. The molecule has 0 spiro atoms. The molecule has 0 saturated carbocycles. The van der Waals surface area contributed by atoms with Gasteiger partial charge in [-0.25, -0.2) is 4.39 Å². The zero-order valence-corrected chi connectivity index (χ0v) is 19.3. The lowest BCUT2D eigenvalue weighted by atomic mass is 10.1. The van der Waals surface area contributed by atoms with E-state index in [9.17, 15) is 14.3 Å². The first kappa shape index (κ1) is 23.7. The number of rotatable bonds is 4. The maximum Gasteiger partial charge on any atom is 0.236 e. The Kier molecular flexibility index (Phi) is 9.41.